The van der Waals surface area contributed by atoms with Crippen molar-refractivity contribution in [3.8, 4) is 0 Å². The summed E-state index contributed by atoms with van der Waals surface area (Å²) in [6.07, 6.45) is 42.6. The fourth-order valence-corrected chi connectivity index (χ4v) is 7.52. The second-order valence-corrected chi connectivity index (χ2v) is 18.5. The number of carbonyl (C=O) groups excluding carboxylic acids is 1. The highest BCUT2D eigenvalue weighted by Gasteiger charge is 2.23. The van der Waals surface area contributed by atoms with E-state index in [2.05, 4.69) is 19.2 Å². The van der Waals surface area contributed by atoms with E-state index in [0.29, 0.717) is 17.4 Å². The van der Waals surface area contributed by atoms with Gasteiger partial charge in [0.1, 0.15) is 13.2 Å². The molecule has 8 nitrogen and oxygen atoms in total. The highest BCUT2D eigenvalue weighted by atomic mass is 31.2. The first-order valence-electron chi connectivity index (χ1n) is 23.1. The molecule has 1 amide bonds. The van der Waals surface area contributed by atoms with Crippen molar-refractivity contribution in [1.29, 1.82) is 0 Å². The molecule has 54 heavy (non-hydrogen) atoms. The van der Waals surface area contributed by atoms with Crippen LogP contribution in [0.1, 0.15) is 219 Å². The van der Waals surface area contributed by atoms with Crippen LogP contribution in [0, 0.1) is 0 Å². The molecular weight excluding hydrogens is 695 g/mol. The van der Waals surface area contributed by atoms with Crippen molar-refractivity contribution >= 4 is 13.7 Å². The van der Waals surface area contributed by atoms with Gasteiger partial charge in [0.05, 0.1) is 39.9 Å². The van der Waals surface area contributed by atoms with Crippen LogP contribution in [0.4, 0.5) is 0 Å². The first kappa shape index (κ1) is 53.2. The van der Waals surface area contributed by atoms with E-state index in [1.807, 2.05) is 27.2 Å². The lowest BCUT2D eigenvalue weighted by Crippen LogP contribution is -2.45. The number of allylic oxidation sites excluding steroid dienone is 1. The Morgan fingerprint density at radius 1 is 0.630 bits per heavy atom. The molecule has 0 spiro atoms. The zero-order valence-electron chi connectivity index (χ0n) is 36.4. The predicted molar refractivity (Wildman–Crippen MR) is 229 cm³/mol. The van der Waals surface area contributed by atoms with Gasteiger partial charge in [-0.15, -0.1) is 0 Å². The van der Waals surface area contributed by atoms with E-state index in [0.717, 1.165) is 38.5 Å². The fourth-order valence-electron chi connectivity index (χ4n) is 6.80. The van der Waals surface area contributed by atoms with Crippen LogP contribution in [-0.2, 0) is 18.4 Å². The molecule has 0 rings (SSSR count). The summed E-state index contributed by atoms with van der Waals surface area (Å²) < 4.78 is 23.2. The monoisotopic (exact) mass is 787 g/mol. The second-order valence-electron chi connectivity index (χ2n) is 17.1. The highest BCUT2D eigenvalue weighted by Crippen LogP contribution is 2.38. The van der Waals surface area contributed by atoms with Crippen molar-refractivity contribution < 1.29 is 32.9 Å². The molecule has 0 aliphatic rings. The molecule has 9 heteroatoms. The largest absolute Gasteiger partial charge is 0.756 e. The van der Waals surface area contributed by atoms with Gasteiger partial charge in [0.2, 0.25) is 5.91 Å². The van der Waals surface area contributed by atoms with Crippen LogP contribution in [0.15, 0.2) is 12.2 Å². The van der Waals surface area contributed by atoms with Gasteiger partial charge >= 0.3 is 0 Å². The standard InChI is InChI=1S/C45H91N2O6P/c1-6-8-10-12-14-16-18-19-20-21-22-23-24-25-26-27-29-31-33-35-37-39-45(49)46-43(42-53-54(50,51)52-41-40-47(3,4)5)44(48)38-36-34-32-30-28-17-15-13-11-9-7-2/h36,38,43-44,48H,6-35,37,39-42H2,1-5H3,(H-,46,49,50,51)/b38-36+. The van der Waals surface area contributed by atoms with E-state index in [4.69, 9.17) is 9.05 Å². The van der Waals surface area contributed by atoms with Crippen molar-refractivity contribution in [3.05, 3.63) is 12.2 Å². The Kier molecular flexibility index (Phi) is 37.3. The van der Waals surface area contributed by atoms with Crippen LogP contribution in [0.5, 0.6) is 0 Å². The average Bonchev–Trinajstić information content (AvgIpc) is 3.12. The Hall–Kier alpha value is -0.760. The minimum Gasteiger partial charge on any atom is -0.756 e. The third-order valence-electron chi connectivity index (χ3n) is 10.5. The number of phosphoric acid groups is 1. The number of nitrogens with zero attached hydrogens (tertiary/aromatic N) is 1. The van der Waals surface area contributed by atoms with E-state index in [1.165, 1.54) is 161 Å². The number of nitrogens with one attached hydrogen (secondary N) is 1. The van der Waals surface area contributed by atoms with Crippen LogP contribution in [0.3, 0.4) is 0 Å². The highest BCUT2D eigenvalue weighted by molar-refractivity contribution is 7.45. The fraction of sp³-hybridized carbons (Fsp3) is 0.933. The van der Waals surface area contributed by atoms with Gasteiger partial charge in [-0.2, -0.15) is 0 Å². The Balaban J connectivity index is 4.25. The van der Waals surface area contributed by atoms with E-state index in [9.17, 15) is 19.4 Å². The molecule has 0 radical (unpaired) electrons. The molecule has 322 valence electrons. The number of amides is 1. The molecular formula is C45H91N2O6P. The van der Waals surface area contributed by atoms with Crippen molar-refractivity contribution in [1.82, 2.24) is 5.32 Å². The lowest BCUT2D eigenvalue weighted by Gasteiger charge is -2.29. The zero-order valence-corrected chi connectivity index (χ0v) is 37.3. The number of rotatable bonds is 42. The minimum atomic E-state index is -4.58. The Morgan fingerprint density at radius 3 is 1.39 bits per heavy atom. The number of aliphatic hydroxyl groups is 1. The molecule has 0 aromatic heterocycles. The summed E-state index contributed by atoms with van der Waals surface area (Å²) >= 11 is 0. The molecule has 3 unspecified atom stereocenters. The maximum Gasteiger partial charge on any atom is 0.268 e. The Morgan fingerprint density at radius 2 is 1.00 bits per heavy atom. The number of likely N-dealkylation sites (N-methyl/N-ethyl adjacent to an activating group) is 1. The zero-order chi connectivity index (χ0) is 40.0. The summed E-state index contributed by atoms with van der Waals surface area (Å²) in [5, 5.41) is 13.7. The summed E-state index contributed by atoms with van der Waals surface area (Å²) in [5.74, 6) is -0.195. The van der Waals surface area contributed by atoms with E-state index < -0.39 is 20.0 Å². The molecule has 0 aromatic carbocycles. The molecule has 0 aliphatic carbocycles. The normalized spacial score (nSPS) is 14.4. The molecule has 0 fully saturated rings. The van der Waals surface area contributed by atoms with E-state index >= 15 is 0 Å². The number of carbonyl (C=O) groups is 1. The number of quaternary nitrogens is 1. The summed E-state index contributed by atoms with van der Waals surface area (Å²) in [6.45, 7) is 4.65. The number of unbranched alkanes of at least 4 members (excludes halogenated alkanes) is 29. The lowest BCUT2D eigenvalue weighted by molar-refractivity contribution is -0.870. The molecule has 0 aliphatic heterocycles. The van der Waals surface area contributed by atoms with E-state index in [-0.39, 0.29) is 19.1 Å². The average molecular weight is 787 g/mol. The minimum absolute atomic E-state index is 0.00196. The summed E-state index contributed by atoms with van der Waals surface area (Å²) in [6, 6.07) is -0.879. The van der Waals surface area contributed by atoms with Crippen LogP contribution in [0.25, 0.3) is 0 Å². The van der Waals surface area contributed by atoms with Crippen LogP contribution < -0.4 is 10.2 Å². The van der Waals surface area contributed by atoms with Gasteiger partial charge in [-0.3, -0.25) is 9.36 Å². The van der Waals surface area contributed by atoms with Crippen molar-refractivity contribution in [3.63, 3.8) is 0 Å². The number of aliphatic hydroxyl groups excluding tert-OH is 1. The first-order valence-corrected chi connectivity index (χ1v) is 24.5. The van der Waals surface area contributed by atoms with Crippen molar-refractivity contribution in [2.24, 2.45) is 0 Å². The number of phosphoric ester groups is 1. The van der Waals surface area contributed by atoms with Crippen LogP contribution in [0.2, 0.25) is 0 Å². The number of hydrogen-bond acceptors (Lipinski definition) is 6. The van der Waals surface area contributed by atoms with Crippen LogP contribution >= 0.6 is 7.82 Å². The molecule has 2 N–H and O–H groups in total. The maximum atomic E-state index is 12.8. The quantitative estimate of drug-likeness (QED) is 0.0276. The molecule has 0 aromatic rings. The van der Waals surface area contributed by atoms with Crippen molar-refractivity contribution in [2.75, 3.05) is 40.9 Å². The van der Waals surface area contributed by atoms with Gasteiger partial charge in [-0.1, -0.05) is 206 Å². The summed E-state index contributed by atoms with van der Waals surface area (Å²) in [5.41, 5.74) is 0. The van der Waals surface area contributed by atoms with Crippen molar-refractivity contribution in [2.45, 2.75) is 231 Å². The Bertz CT molecular complexity index is 896. The molecule has 3 atom stereocenters. The SMILES string of the molecule is CCCCCCCCCCC/C=C/C(O)C(COP(=O)([O-])OCC[N+](C)(C)C)NC(=O)CCCCCCCCCCCCCCCCCCCCCCC. The second kappa shape index (κ2) is 37.8. The first-order chi connectivity index (χ1) is 26.0. The van der Waals surface area contributed by atoms with Crippen LogP contribution in [-0.4, -0.2) is 68.5 Å². The topological polar surface area (TPSA) is 108 Å². The van der Waals surface area contributed by atoms with Gasteiger partial charge < -0.3 is 28.8 Å². The summed E-state index contributed by atoms with van der Waals surface area (Å²) in [4.78, 5) is 25.3. The summed E-state index contributed by atoms with van der Waals surface area (Å²) in [7, 11) is 1.27. The van der Waals surface area contributed by atoms with Gasteiger partial charge in [-0.05, 0) is 19.3 Å². The van der Waals surface area contributed by atoms with Gasteiger partial charge in [0.25, 0.3) is 7.82 Å². The molecule has 0 bridgehead atoms. The van der Waals surface area contributed by atoms with Gasteiger partial charge in [0.15, 0.2) is 0 Å². The predicted octanol–water partition coefficient (Wildman–Crippen LogP) is 12.1. The Labute approximate surface area is 335 Å². The molecule has 0 saturated heterocycles. The smallest absolute Gasteiger partial charge is 0.268 e. The van der Waals surface area contributed by atoms with E-state index in [1.54, 1.807) is 6.08 Å². The molecule has 0 heterocycles. The maximum absolute atomic E-state index is 12.8. The third-order valence-corrected chi connectivity index (χ3v) is 11.5. The lowest BCUT2D eigenvalue weighted by atomic mass is 10.0. The van der Waals surface area contributed by atoms with Gasteiger partial charge in [0, 0.05) is 6.42 Å². The number of hydrogen-bond donors (Lipinski definition) is 2. The van der Waals surface area contributed by atoms with Gasteiger partial charge in [-0.25, -0.2) is 0 Å². The molecule has 0 saturated carbocycles. The third kappa shape index (κ3) is 39.5.